The third kappa shape index (κ3) is 6.09. The molecule has 0 aliphatic carbocycles. The Morgan fingerprint density at radius 1 is 0.905 bits per heavy atom. The van der Waals surface area contributed by atoms with Crippen LogP contribution in [0.25, 0.3) is 0 Å². The van der Waals surface area contributed by atoms with E-state index in [1.165, 1.54) is 6.42 Å². The van der Waals surface area contributed by atoms with Crippen LogP contribution in [0.2, 0.25) is 0 Å². The first-order valence-corrected chi connectivity index (χ1v) is 9.70. The minimum atomic E-state index is 0.0598. The lowest BCUT2D eigenvalue weighted by Crippen LogP contribution is -2.54. The van der Waals surface area contributed by atoms with Gasteiger partial charge in [0.05, 0.1) is 12.2 Å². The molecule has 1 saturated heterocycles. The van der Waals surface area contributed by atoms with E-state index >= 15 is 0 Å². The lowest BCUT2D eigenvalue weighted by atomic mass is 9.92. The molecule has 0 radical (unpaired) electrons. The summed E-state index contributed by atoms with van der Waals surface area (Å²) in [5, 5.41) is 0. The number of unbranched alkanes of at least 4 members (excludes halogenated alkanes) is 2. The van der Waals surface area contributed by atoms with E-state index in [-0.39, 0.29) is 23.7 Å². The van der Waals surface area contributed by atoms with Gasteiger partial charge in [0.25, 0.3) is 0 Å². The quantitative estimate of drug-likeness (QED) is 0.555. The zero-order valence-electron chi connectivity index (χ0n) is 14.5. The summed E-state index contributed by atoms with van der Waals surface area (Å²) in [6.45, 7) is 12.6. The Morgan fingerprint density at radius 3 is 2.00 bits per heavy atom. The largest absolute Gasteiger partial charge is 0.375 e. The second-order valence-corrected chi connectivity index (χ2v) is 7.28. The third-order valence-electron chi connectivity index (χ3n) is 4.15. The van der Waals surface area contributed by atoms with Gasteiger partial charge in [0.2, 0.25) is 0 Å². The highest BCUT2D eigenvalue weighted by molar-refractivity contribution is 7.99. The fraction of sp³-hybridized carbons (Fsp3) is 1.00. The van der Waals surface area contributed by atoms with Gasteiger partial charge in [-0.15, -0.1) is 11.8 Å². The van der Waals surface area contributed by atoms with Crippen LogP contribution in [-0.4, -0.2) is 42.7 Å². The average molecular weight is 319 g/mol. The molecule has 1 aliphatic heterocycles. The first-order valence-electron chi connectivity index (χ1n) is 8.65. The second kappa shape index (κ2) is 10.9. The molecule has 0 N–H and O–H groups in total. The standard InChI is InChI=1S/C17H34O3S/c1-6-9-11-18-15-13(4)14(5)20-17(21-8-3)16(15)19-12-10-7-2/h13-17H,6-12H2,1-5H3. The van der Waals surface area contributed by atoms with Gasteiger partial charge in [0.15, 0.2) is 0 Å². The van der Waals surface area contributed by atoms with E-state index in [2.05, 4.69) is 34.6 Å². The molecule has 1 fully saturated rings. The molecule has 0 aromatic rings. The SMILES string of the molecule is CCCCOC1C(SCC)OC(C)C(C)C1OCCCC. The van der Waals surface area contributed by atoms with Gasteiger partial charge in [-0.05, 0) is 25.5 Å². The summed E-state index contributed by atoms with van der Waals surface area (Å²) in [5.41, 5.74) is 0.102. The molecule has 0 saturated carbocycles. The van der Waals surface area contributed by atoms with Crippen LogP contribution in [0.1, 0.15) is 60.3 Å². The highest BCUT2D eigenvalue weighted by atomic mass is 32.2. The summed E-state index contributed by atoms with van der Waals surface area (Å²) < 4.78 is 18.6. The summed E-state index contributed by atoms with van der Waals surface area (Å²) in [6, 6.07) is 0. The fourth-order valence-corrected chi connectivity index (χ4v) is 3.59. The van der Waals surface area contributed by atoms with Crippen LogP contribution < -0.4 is 0 Å². The molecule has 1 aliphatic rings. The summed E-state index contributed by atoms with van der Waals surface area (Å²) in [6.07, 6.45) is 4.99. The van der Waals surface area contributed by atoms with Crippen LogP contribution in [0.15, 0.2) is 0 Å². The van der Waals surface area contributed by atoms with Gasteiger partial charge in [0, 0.05) is 19.1 Å². The van der Waals surface area contributed by atoms with Crippen molar-refractivity contribution in [1.29, 1.82) is 0 Å². The molecule has 0 bridgehead atoms. The minimum Gasteiger partial charge on any atom is -0.375 e. The summed E-state index contributed by atoms with van der Waals surface area (Å²) >= 11 is 1.84. The lowest BCUT2D eigenvalue weighted by molar-refractivity contribution is -0.197. The first kappa shape index (κ1) is 19.3. The molecule has 4 heteroatoms. The number of rotatable bonds is 10. The number of ether oxygens (including phenoxy) is 3. The van der Waals surface area contributed by atoms with Crippen molar-refractivity contribution in [2.45, 2.75) is 84.0 Å². The third-order valence-corrected chi connectivity index (χ3v) is 5.19. The average Bonchev–Trinajstić information content (AvgIpc) is 2.47. The molecule has 1 heterocycles. The van der Waals surface area contributed by atoms with Crippen molar-refractivity contribution in [2.75, 3.05) is 19.0 Å². The van der Waals surface area contributed by atoms with Crippen LogP contribution in [0.3, 0.4) is 0 Å². The maximum atomic E-state index is 6.21. The Balaban J connectivity index is 2.70. The van der Waals surface area contributed by atoms with Gasteiger partial charge in [-0.1, -0.05) is 40.5 Å². The molecule has 0 spiro atoms. The molecule has 5 unspecified atom stereocenters. The Bertz CT molecular complexity index is 262. The molecule has 3 nitrogen and oxygen atoms in total. The Labute approximate surface area is 135 Å². The van der Waals surface area contributed by atoms with Crippen molar-refractivity contribution in [3.63, 3.8) is 0 Å². The van der Waals surface area contributed by atoms with Crippen LogP contribution in [0, 0.1) is 5.92 Å². The first-order chi connectivity index (χ1) is 10.2. The van der Waals surface area contributed by atoms with E-state index in [0.29, 0.717) is 5.92 Å². The van der Waals surface area contributed by atoms with Crippen LogP contribution in [0.4, 0.5) is 0 Å². The Kier molecular flexibility index (Phi) is 9.98. The zero-order chi connectivity index (χ0) is 15.7. The molecule has 0 aromatic carbocycles. The Hall–Kier alpha value is 0.230. The van der Waals surface area contributed by atoms with Crippen molar-refractivity contribution < 1.29 is 14.2 Å². The van der Waals surface area contributed by atoms with Gasteiger partial charge in [-0.2, -0.15) is 0 Å². The maximum Gasteiger partial charge on any atom is 0.132 e. The van der Waals surface area contributed by atoms with E-state index in [1.54, 1.807) is 0 Å². The number of hydrogen-bond acceptors (Lipinski definition) is 4. The summed E-state index contributed by atoms with van der Waals surface area (Å²) in [7, 11) is 0. The van der Waals surface area contributed by atoms with Crippen molar-refractivity contribution in [3.05, 3.63) is 0 Å². The zero-order valence-corrected chi connectivity index (χ0v) is 15.3. The molecule has 126 valence electrons. The van der Waals surface area contributed by atoms with Gasteiger partial charge >= 0.3 is 0 Å². The van der Waals surface area contributed by atoms with Gasteiger partial charge in [-0.3, -0.25) is 0 Å². The lowest BCUT2D eigenvalue weighted by Gasteiger charge is -2.44. The van der Waals surface area contributed by atoms with E-state index in [4.69, 9.17) is 14.2 Å². The van der Waals surface area contributed by atoms with Gasteiger partial charge < -0.3 is 14.2 Å². The topological polar surface area (TPSA) is 27.7 Å². The second-order valence-electron chi connectivity index (χ2n) is 5.90. The van der Waals surface area contributed by atoms with Crippen molar-refractivity contribution in [3.8, 4) is 0 Å². The highest BCUT2D eigenvalue weighted by Gasteiger charge is 2.43. The Morgan fingerprint density at radius 2 is 1.48 bits per heavy atom. The molecule has 0 amide bonds. The van der Waals surface area contributed by atoms with E-state index in [1.807, 2.05) is 11.8 Å². The molecule has 5 atom stereocenters. The minimum absolute atomic E-state index is 0.0598. The highest BCUT2D eigenvalue weighted by Crippen LogP contribution is 2.35. The molecular formula is C17H34O3S. The van der Waals surface area contributed by atoms with E-state index in [9.17, 15) is 0 Å². The van der Waals surface area contributed by atoms with Crippen molar-refractivity contribution in [2.24, 2.45) is 5.92 Å². The van der Waals surface area contributed by atoms with E-state index < -0.39 is 0 Å². The molecular weight excluding hydrogens is 284 g/mol. The smallest absolute Gasteiger partial charge is 0.132 e. The van der Waals surface area contributed by atoms with Gasteiger partial charge in [0.1, 0.15) is 11.5 Å². The van der Waals surface area contributed by atoms with Crippen molar-refractivity contribution >= 4 is 11.8 Å². The molecule has 0 aromatic heterocycles. The monoisotopic (exact) mass is 318 g/mol. The summed E-state index contributed by atoms with van der Waals surface area (Å²) in [5.74, 6) is 1.42. The maximum absolute atomic E-state index is 6.21. The van der Waals surface area contributed by atoms with Gasteiger partial charge in [-0.25, -0.2) is 0 Å². The molecule has 21 heavy (non-hydrogen) atoms. The van der Waals surface area contributed by atoms with Crippen LogP contribution >= 0.6 is 11.8 Å². The predicted octanol–water partition coefficient (Wildman–Crippen LogP) is 4.49. The normalized spacial score (nSPS) is 33.3. The number of thioether (sulfide) groups is 1. The fourth-order valence-electron chi connectivity index (χ4n) is 2.58. The van der Waals surface area contributed by atoms with Crippen molar-refractivity contribution in [1.82, 2.24) is 0 Å². The predicted molar refractivity (Wildman–Crippen MR) is 90.9 cm³/mol. The number of hydrogen-bond donors (Lipinski definition) is 0. The van der Waals surface area contributed by atoms with Crippen LogP contribution in [-0.2, 0) is 14.2 Å². The summed E-state index contributed by atoms with van der Waals surface area (Å²) in [4.78, 5) is 0. The van der Waals surface area contributed by atoms with E-state index in [0.717, 1.165) is 38.2 Å². The van der Waals surface area contributed by atoms with Crippen LogP contribution in [0.5, 0.6) is 0 Å². The molecule has 1 rings (SSSR count).